The molecule has 0 bridgehead atoms. The molecule has 0 aromatic heterocycles. The smallest absolute Gasteiger partial charge is 0.158 e. The first kappa shape index (κ1) is 38.4. The number of hydrogen-bond acceptors (Lipinski definition) is 0. The molecule has 6 aromatic rings. The van der Waals surface area contributed by atoms with Crippen molar-refractivity contribution >= 4 is 40.0 Å². The van der Waals surface area contributed by atoms with E-state index in [0.717, 1.165) is 12.8 Å². The van der Waals surface area contributed by atoms with E-state index in [-0.39, 0.29) is 26.2 Å². The van der Waals surface area contributed by atoms with Crippen LogP contribution in [0.3, 0.4) is 0 Å². The van der Waals surface area contributed by atoms with Gasteiger partial charge < -0.3 is 0 Å². The largest absolute Gasteiger partial charge is 2.00 e. The van der Waals surface area contributed by atoms with Crippen molar-refractivity contribution < 1.29 is 26.2 Å². The number of unbranched alkanes of at least 4 members (excludes halogenated alkanes) is 6. The van der Waals surface area contributed by atoms with Gasteiger partial charge >= 0.3 is 26.2 Å². The molecule has 0 aliphatic carbocycles. The van der Waals surface area contributed by atoms with Crippen molar-refractivity contribution in [3.63, 3.8) is 0 Å². The molecule has 2 heteroatoms. The zero-order chi connectivity index (χ0) is 34.4. The standard InChI is InChI=1S/C48H58Si.Zr/c1-7-11-13-15-19-35-25-29-39(30-26-35)43-23-17-21-41-33-37(9-3)47(45(41)43)49(5,6)48-38(10-4)34-42-22-18-24-44(46(42)48)40-31-27-36(28-32-40)20-16-14-12-8-2;/h17-18,21-34H,7-16,19-20H2,1-6H3;/q-2;+2. The molecular formula is C48H58SiZr. The summed E-state index contributed by atoms with van der Waals surface area (Å²) in [6.45, 7) is 14.6. The van der Waals surface area contributed by atoms with Crippen LogP contribution >= 0.6 is 0 Å². The second kappa shape index (κ2) is 17.6. The SMILES string of the molecule is CCCCCCc1ccc(-c2cccc3[cH-]c(CC)c([Si](C)(C)c4c(CC)[cH-]c5cccc(-c6ccc(CCCCCC)cc6)c45)c23)cc1.[Zr+2]. The summed E-state index contributed by atoms with van der Waals surface area (Å²) >= 11 is 0. The Hall–Kier alpha value is -2.80. The maximum atomic E-state index is 2.64. The van der Waals surface area contributed by atoms with E-state index in [1.54, 1.807) is 10.4 Å². The molecule has 0 saturated carbocycles. The van der Waals surface area contributed by atoms with Gasteiger partial charge in [-0.25, -0.2) is 0 Å². The van der Waals surface area contributed by atoms with Crippen LogP contribution in [0.1, 0.15) is 101 Å². The van der Waals surface area contributed by atoms with Gasteiger partial charge in [-0.05, 0) is 60.8 Å². The summed E-state index contributed by atoms with van der Waals surface area (Å²) in [4.78, 5) is 0. The molecule has 0 aliphatic heterocycles. The average molecular weight is 754 g/mol. The van der Waals surface area contributed by atoms with Gasteiger partial charge in [0.25, 0.3) is 0 Å². The Bertz CT molecular complexity index is 1820. The van der Waals surface area contributed by atoms with E-state index >= 15 is 0 Å². The van der Waals surface area contributed by atoms with Crippen molar-refractivity contribution in [3.8, 4) is 22.3 Å². The van der Waals surface area contributed by atoms with Crippen molar-refractivity contribution in [1.29, 1.82) is 0 Å². The van der Waals surface area contributed by atoms with Gasteiger partial charge in [0.05, 0.1) is 0 Å². The molecule has 0 N–H and O–H groups in total. The van der Waals surface area contributed by atoms with E-state index in [9.17, 15) is 0 Å². The second-order valence-corrected chi connectivity index (χ2v) is 19.2. The normalized spacial score (nSPS) is 11.8. The minimum atomic E-state index is -2.21. The van der Waals surface area contributed by atoms with Crippen molar-refractivity contribution in [2.45, 2.75) is 118 Å². The molecule has 0 saturated heterocycles. The van der Waals surface area contributed by atoms with E-state index in [0.29, 0.717) is 0 Å². The molecule has 6 rings (SSSR count). The van der Waals surface area contributed by atoms with Gasteiger partial charge in [-0.1, -0.05) is 151 Å². The predicted molar refractivity (Wildman–Crippen MR) is 221 cm³/mol. The number of aryl methyl sites for hydroxylation is 4. The fraction of sp³-hybridized carbons (Fsp3) is 0.375. The van der Waals surface area contributed by atoms with Gasteiger partial charge in [0.1, 0.15) is 0 Å². The monoisotopic (exact) mass is 752 g/mol. The zero-order valence-electron chi connectivity index (χ0n) is 31.7. The van der Waals surface area contributed by atoms with Crippen LogP contribution in [-0.4, -0.2) is 8.07 Å². The summed E-state index contributed by atoms with van der Waals surface area (Å²) in [7, 11) is -2.21. The van der Waals surface area contributed by atoms with Gasteiger partial charge in [0.2, 0.25) is 0 Å². The Morgan fingerprint density at radius 1 is 0.480 bits per heavy atom. The third-order valence-electron chi connectivity index (χ3n) is 11.2. The molecule has 6 aromatic carbocycles. The number of fused-ring (bicyclic) bond motifs is 2. The molecule has 0 fully saturated rings. The maximum Gasteiger partial charge on any atom is 2.00 e. The molecule has 0 aliphatic rings. The first-order valence-electron chi connectivity index (χ1n) is 19.5. The third-order valence-corrected chi connectivity index (χ3v) is 14.8. The van der Waals surface area contributed by atoms with Crippen LogP contribution in [0.5, 0.6) is 0 Å². The van der Waals surface area contributed by atoms with Gasteiger partial charge in [0.15, 0.2) is 0 Å². The topological polar surface area (TPSA) is 0 Å². The Morgan fingerprint density at radius 2 is 0.880 bits per heavy atom. The number of hydrogen-bond donors (Lipinski definition) is 0. The molecule has 0 amide bonds. The summed E-state index contributed by atoms with van der Waals surface area (Å²) in [6, 6.07) is 38.1. The van der Waals surface area contributed by atoms with Gasteiger partial charge in [0, 0.05) is 8.07 Å². The average Bonchev–Trinajstić information content (AvgIpc) is 3.72. The fourth-order valence-electron chi connectivity index (χ4n) is 8.59. The van der Waals surface area contributed by atoms with Gasteiger partial charge in [-0.3, -0.25) is 0 Å². The zero-order valence-corrected chi connectivity index (χ0v) is 35.2. The van der Waals surface area contributed by atoms with Crippen molar-refractivity contribution in [2.24, 2.45) is 0 Å². The Kier molecular flexibility index (Phi) is 13.5. The first-order valence-corrected chi connectivity index (χ1v) is 22.5. The van der Waals surface area contributed by atoms with Crippen molar-refractivity contribution in [3.05, 3.63) is 119 Å². The molecule has 0 heterocycles. The molecule has 0 radical (unpaired) electrons. The molecular weight excluding hydrogens is 696 g/mol. The van der Waals surface area contributed by atoms with Crippen LogP contribution in [0.4, 0.5) is 0 Å². The Labute approximate surface area is 323 Å². The van der Waals surface area contributed by atoms with E-state index in [4.69, 9.17) is 0 Å². The van der Waals surface area contributed by atoms with Crippen LogP contribution in [0, 0.1) is 0 Å². The van der Waals surface area contributed by atoms with E-state index in [1.807, 2.05) is 0 Å². The fourth-order valence-corrected chi connectivity index (χ4v) is 12.7. The van der Waals surface area contributed by atoms with Crippen LogP contribution in [0.25, 0.3) is 43.8 Å². The third kappa shape index (κ3) is 7.98. The second-order valence-electron chi connectivity index (χ2n) is 15.0. The minimum Gasteiger partial charge on any atom is -0.158 e. The molecule has 0 atom stereocenters. The summed E-state index contributed by atoms with van der Waals surface area (Å²) in [5.41, 5.74) is 11.5. The summed E-state index contributed by atoms with van der Waals surface area (Å²) in [5, 5.41) is 9.07. The molecule has 0 nitrogen and oxygen atoms in total. The van der Waals surface area contributed by atoms with Crippen LogP contribution in [0.15, 0.2) is 97.1 Å². The van der Waals surface area contributed by atoms with Crippen molar-refractivity contribution in [2.75, 3.05) is 0 Å². The van der Waals surface area contributed by atoms with E-state index in [2.05, 4.69) is 138 Å². The van der Waals surface area contributed by atoms with Crippen LogP contribution in [-0.2, 0) is 51.9 Å². The quantitative estimate of drug-likeness (QED) is 0.0524. The van der Waals surface area contributed by atoms with E-state index < -0.39 is 8.07 Å². The predicted octanol–water partition coefficient (Wildman–Crippen LogP) is 13.0. The maximum absolute atomic E-state index is 2.64. The Morgan fingerprint density at radius 3 is 1.24 bits per heavy atom. The number of benzene rings is 4. The summed E-state index contributed by atoms with van der Waals surface area (Å²) in [6.07, 6.45) is 15.0. The van der Waals surface area contributed by atoms with Gasteiger partial charge in [-0.15, -0.1) is 69.1 Å². The van der Waals surface area contributed by atoms with Crippen LogP contribution < -0.4 is 10.4 Å². The van der Waals surface area contributed by atoms with Gasteiger partial charge in [-0.2, -0.15) is 10.4 Å². The van der Waals surface area contributed by atoms with Crippen LogP contribution in [0.2, 0.25) is 13.1 Å². The molecule has 258 valence electrons. The molecule has 0 unspecified atom stereocenters. The minimum absolute atomic E-state index is 0. The summed E-state index contributed by atoms with van der Waals surface area (Å²) in [5.74, 6) is 0. The summed E-state index contributed by atoms with van der Waals surface area (Å²) < 4.78 is 0. The van der Waals surface area contributed by atoms with E-state index in [1.165, 1.54) is 130 Å². The van der Waals surface area contributed by atoms with Crippen molar-refractivity contribution in [1.82, 2.24) is 0 Å². The Balaban J connectivity index is 0.00000486. The molecule has 50 heavy (non-hydrogen) atoms. The molecule has 0 spiro atoms. The first-order chi connectivity index (χ1) is 23.9. The number of rotatable bonds is 16.